The first kappa shape index (κ1) is 21.1. The lowest BCUT2D eigenvalue weighted by molar-refractivity contribution is -0.117. The smallest absolute Gasteiger partial charge is 0.133 e. The van der Waals surface area contributed by atoms with E-state index in [0.717, 1.165) is 5.56 Å². The topological polar surface area (TPSA) is 114 Å². The molecule has 9 heteroatoms. The Labute approximate surface area is 151 Å². The van der Waals surface area contributed by atoms with E-state index in [4.69, 9.17) is 22.1 Å². The third-order valence-corrected chi connectivity index (χ3v) is 4.08. The van der Waals surface area contributed by atoms with Crippen molar-refractivity contribution in [3.8, 4) is 5.75 Å². The molecule has 1 aromatic rings. The Hall–Kier alpha value is -0.940. The number of benzene rings is 1. The molecule has 0 aliphatic heterocycles. The molecule has 0 amide bonds. The number of methoxy groups -OCH3 is 1. The summed E-state index contributed by atoms with van der Waals surface area (Å²) in [5.74, 6) is 0.704. The Morgan fingerprint density at radius 1 is 1.12 bits per heavy atom. The Morgan fingerprint density at radius 2 is 1.67 bits per heavy atom. The van der Waals surface area contributed by atoms with Crippen LogP contribution in [0.2, 0.25) is 0 Å². The lowest BCUT2D eigenvalue weighted by Gasteiger charge is -2.30. The van der Waals surface area contributed by atoms with E-state index in [2.05, 4.69) is 12.6 Å². The van der Waals surface area contributed by atoms with Gasteiger partial charge in [-0.1, -0.05) is 24.4 Å². The van der Waals surface area contributed by atoms with Gasteiger partial charge in [0.05, 0.1) is 13.7 Å². The minimum absolute atomic E-state index is 0.106. The maximum atomic E-state index is 10.1. The first-order chi connectivity index (χ1) is 11.3. The maximum Gasteiger partial charge on any atom is 0.133 e. The average Bonchev–Trinajstić information content (AvgIpc) is 2.59. The number of ether oxygens (including phenoxy) is 1. The van der Waals surface area contributed by atoms with Crippen molar-refractivity contribution in [3.05, 3.63) is 29.8 Å². The first-order valence-corrected chi connectivity index (χ1v) is 8.09. The summed E-state index contributed by atoms with van der Waals surface area (Å²) in [6.45, 7) is -0.509. The van der Waals surface area contributed by atoms with Gasteiger partial charge in [0.1, 0.15) is 34.5 Å². The molecule has 0 aromatic heterocycles. The largest absolute Gasteiger partial charge is 0.497 e. The molecule has 0 saturated heterocycles. The van der Waals surface area contributed by atoms with Gasteiger partial charge in [0.15, 0.2) is 0 Å². The van der Waals surface area contributed by atoms with Crippen molar-refractivity contribution in [2.75, 3.05) is 20.3 Å². The van der Waals surface area contributed by atoms with Crippen LogP contribution in [0, 0.1) is 0 Å². The fourth-order valence-corrected chi connectivity index (χ4v) is 2.35. The summed E-state index contributed by atoms with van der Waals surface area (Å²) in [7, 11) is 1.56. The predicted molar refractivity (Wildman–Crippen MR) is 96.1 cm³/mol. The molecule has 0 saturated carbocycles. The van der Waals surface area contributed by atoms with Gasteiger partial charge in [-0.3, -0.25) is 0 Å². The molecule has 1 aromatic carbocycles. The monoisotopic (exact) mass is 377 g/mol. The minimum atomic E-state index is -1.68. The van der Waals surface area contributed by atoms with E-state index in [-0.39, 0.29) is 10.9 Å². The highest BCUT2D eigenvalue weighted by Crippen LogP contribution is 2.15. The molecule has 0 bridgehead atoms. The zero-order valence-corrected chi connectivity index (χ0v) is 14.9. The van der Waals surface area contributed by atoms with E-state index in [9.17, 15) is 20.4 Å². The fraction of sp³-hybridized carbons (Fsp3) is 0.533. The van der Waals surface area contributed by atoms with Crippen molar-refractivity contribution in [3.63, 3.8) is 0 Å². The van der Waals surface area contributed by atoms with E-state index in [0.29, 0.717) is 12.3 Å². The van der Waals surface area contributed by atoms with Gasteiger partial charge in [0, 0.05) is 13.1 Å². The molecular formula is C15H23NO6S2. The maximum absolute atomic E-state index is 10.1. The van der Waals surface area contributed by atoms with Crippen LogP contribution >= 0.6 is 24.8 Å². The standard InChI is InChI=1S/C15H23NO6S2/c1-22-10-4-2-9(3-5-10)6-16(15(23)24)7-11(18)13(20)14(21)12(19)8-17/h2-5,11-14,17-21H,6-8H2,1H3,(H,23,24)/t11-,12+,13+,14+/m0/s1. The molecule has 0 aliphatic carbocycles. The highest BCUT2D eigenvalue weighted by Gasteiger charge is 2.31. The molecule has 0 fully saturated rings. The number of nitrogens with zero attached hydrogens (tertiary/aromatic N) is 1. The highest BCUT2D eigenvalue weighted by atomic mass is 32.1. The summed E-state index contributed by atoms with van der Waals surface area (Å²) >= 11 is 9.13. The molecule has 0 radical (unpaired) electrons. The van der Waals surface area contributed by atoms with Crippen LogP contribution in [0.25, 0.3) is 0 Å². The number of thiocarbonyl (C=S) groups is 1. The summed E-state index contributed by atoms with van der Waals surface area (Å²) in [6.07, 6.45) is -6.27. The summed E-state index contributed by atoms with van der Waals surface area (Å²) in [5.41, 5.74) is 0.879. The van der Waals surface area contributed by atoms with E-state index in [1.54, 1.807) is 19.2 Å². The van der Waals surface area contributed by atoms with Crippen LogP contribution in [0.4, 0.5) is 0 Å². The summed E-state index contributed by atoms with van der Waals surface area (Å²) in [6, 6.07) is 7.21. The fourth-order valence-electron chi connectivity index (χ4n) is 2.06. The van der Waals surface area contributed by atoms with Gasteiger partial charge in [0.2, 0.25) is 0 Å². The second-order valence-electron chi connectivity index (χ2n) is 5.31. The molecule has 1 rings (SSSR count). The minimum Gasteiger partial charge on any atom is -0.497 e. The van der Waals surface area contributed by atoms with Gasteiger partial charge in [-0.15, -0.1) is 12.6 Å². The van der Waals surface area contributed by atoms with Gasteiger partial charge >= 0.3 is 0 Å². The Balaban J connectivity index is 2.72. The zero-order chi connectivity index (χ0) is 18.3. The predicted octanol–water partition coefficient (Wildman–Crippen LogP) is -0.852. The number of hydrogen-bond acceptors (Lipinski definition) is 7. The number of hydrogen-bond donors (Lipinski definition) is 6. The normalized spacial score (nSPS) is 16.1. The van der Waals surface area contributed by atoms with E-state index in [1.165, 1.54) is 4.90 Å². The molecule has 7 nitrogen and oxygen atoms in total. The van der Waals surface area contributed by atoms with Crippen molar-refractivity contribution < 1.29 is 30.3 Å². The number of aliphatic hydroxyl groups excluding tert-OH is 5. The number of aliphatic hydroxyl groups is 5. The first-order valence-electron chi connectivity index (χ1n) is 7.24. The van der Waals surface area contributed by atoms with Crippen molar-refractivity contribution in [1.82, 2.24) is 4.90 Å². The molecule has 5 N–H and O–H groups in total. The van der Waals surface area contributed by atoms with E-state index in [1.807, 2.05) is 12.1 Å². The van der Waals surface area contributed by atoms with E-state index < -0.39 is 31.0 Å². The third kappa shape index (κ3) is 6.17. The molecule has 136 valence electrons. The van der Waals surface area contributed by atoms with Crippen molar-refractivity contribution >= 4 is 29.2 Å². The molecule has 24 heavy (non-hydrogen) atoms. The molecule has 0 spiro atoms. The van der Waals surface area contributed by atoms with E-state index >= 15 is 0 Å². The molecular weight excluding hydrogens is 354 g/mol. The van der Waals surface area contributed by atoms with Gasteiger partial charge < -0.3 is 35.2 Å². The quantitative estimate of drug-likeness (QED) is 0.244. The van der Waals surface area contributed by atoms with Crippen LogP contribution in [0.5, 0.6) is 5.75 Å². The summed E-state index contributed by atoms with van der Waals surface area (Å²) < 4.78 is 5.28. The molecule has 0 unspecified atom stereocenters. The van der Waals surface area contributed by atoms with Gasteiger partial charge in [-0.2, -0.15) is 0 Å². The molecule has 4 atom stereocenters. The van der Waals surface area contributed by atoms with Crippen LogP contribution in [0.3, 0.4) is 0 Å². The number of thiol groups is 1. The Kier molecular flexibility index (Phi) is 8.92. The molecule has 0 heterocycles. The third-order valence-electron chi connectivity index (χ3n) is 3.54. The summed E-state index contributed by atoms with van der Waals surface area (Å²) in [4.78, 5) is 1.53. The van der Waals surface area contributed by atoms with Crippen molar-refractivity contribution in [2.45, 2.75) is 31.0 Å². The van der Waals surface area contributed by atoms with Gasteiger partial charge in [-0.25, -0.2) is 0 Å². The number of rotatable bonds is 9. The van der Waals surface area contributed by atoms with Crippen LogP contribution in [0.15, 0.2) is 24.3 Å². The van der Waals surface area contributed by atoms with Crippen molar-refractivity contribution in [1.29, 1.82) is 0 Å². The van der Waals surface area contributed by atoms with Crippen LogP contribution in [0.1, 0.15) is 5.56 Å². The van der Waals surface area contributed by atoms with Crippen LogP contribution in [-0.4, -0.2) is 79.4 Å². The summed E-state index contributed by atoms with van der Waals surface area (Å²) in [5, 5.41) is 47.7. The SMILES string of the molecule is COc1ccc(CN(C[C@H](O)[C@@H](O)[C@H](O)[C@H](O)CO)C(=S)S)cc1. The van der Waals surface area contributed by atoms with Crippen LogP contribution in [-0.2, 0) is 6.54 Å². The van der Waals surface area contributed by atoms with Crippen molar-refractivity contribution in [2.24, 2.45) is 0 Å². The lowest BCUT2D eigenvalue weighted by Crippen LogP contribution is -2.49. The van der Waals surface area contributed by atoms with Crippen LogP contribution < -0.4 is 4.74 Å². The Bertz CT molecular complexity index is 515. The van der Waals surface area contributed by atoms with Gasteiger partial charge in [-0.05, 0) is 17.7 Å². The second kappa shape index (κ2) is 10.1. The Morgan fingerprint density at radius 3 is 2.12 bits per heavy atom. The second-order valence-corrected chi connectivity index (χ2v) is 6.42. The zero-order valence-electron chi connectivity index (χ0n) is 13.2. The lowest BCUT2D eigenvalue weighted by atomic mass is 10.0. The average molecular weight is 377 g/mol. The van der Waals surface area contributed by atoms with Gasteiger partial charge in [0.25, 0.3) is 0 Å². The highest BCUT2D eigenvalue weighted by molar-refractivity contribution is 8.10. The molecule has 0 aliphatic rings.